The van der Waals surface area contributed by atoms with Crippen LogP contribution in [0.2, 0.25) is 0 Å². The topological polar surface area (TPSA) is 71.5 Å². The molecule has 0 aliphatic heterocycles. The van der Waals surface area contributed by atoms with Gasteiger partial charge in [-0.3, -0.25) is 0 Å². The third-order valence-corrected chi connectivity index (χ3v) is 5.42. The van der Waals surface area contributed by atoms with Gasteiger partial charge in [-0.05, 0) is 6.42 Å². The van der Waals surface area contributed by atoms with Gasteiger partial charge in [-0.1, -0.05) is 6.92 Å². The molecule has 0 saturated carbocycles. The van der Waals surface area contributed by atoms with Crippen LogP contribution < -0.4 is 0 Å². The fourth-order valence-corrected chi connectivity index (χ4v) is 4.35. The Morgan fingerprint density at radius 2 is 1.69 bits per heavy atom. The molecule has 0 rings (SSSR count). The number of nitrogens with zero attached hydrogens (tertiary/aromatic N) is 1. The summed E-state index contributed by atoms with van der Waals surface area (Å²) < 4.78 is 46.5. The fourth-order valence-electron chi connectivity index (χ4n) is 1.12. The van der Waals surface area contributed by atoms with Crippen molar-refractivity contribution < 1.29 is 16.8 Å². The zero-order valence-corrected chi connectivity index (χ0v) is 11.9. The van der Waals surface area contributed by atoms with Gasteiger partial charge in [-0.15, -0.1) is 11.6 Å². The monoisotopic (exact) mass is 291 g/mol. The largest absolute Gasteiger partial charge is 0.229 e. The van der Waals surface area contributed by atoms with E-state index in [1.807, 2.05) is 0 Å². The Balaban J connectivity index is 4.50. The van der Waals surface area contributed by atoms with Crippen molar-refractivity contribution in [2.45, 2.75) is 13.3 Å². The lowest BCUT2D eigenvalue weighted by molar-refractivity contribution is 0.428. The molecule has 5 nitrogen and oxygen atoms in total. The standard InChI is InChI=1S/C8H18ClNO4S2/c1-3-10(6-4-5-9)16(13,14)8-7-15(2,11)12/h3-8H2,1-2H3. The van der Waals surface area contributed by atoms with Crippen LogP contribution in [0.3, 0.4) is 0 Å². The Labute approximate surface area is 103 Å². The number of hydrogen-bond donors (Lipinski definition) is 0. The van der Waals surface area contributed by atoms with Crippen LogP contribution in [-0.4, -0.2) is 57.9 Å². The maximum atomic E-state index is 11.7. The average Bonchev–Trinajstić information content (AvgIpc) is 2.15. The second-order valence-electron chi connectivity index (χ2n) is 3.48. The van der Waals surface area contributed by atoms with Gasteiger partial charge in [0.25, 0.3) is 0 Å². The van der Waals surface area contributed by atoms with Gasteiger partial charge in [0.2, 0.25) is 10.0 Å². The van der Waals surface area contributed by atoms with Crippen LogP contribution in [0.25, 0.3) is 0 Å². The van der Waals surface area contributed by atoms with E-state index >= 15 is 0 Å². The molecule has 0 fully saturated rings. The molecule has 0 N–H and O–H groups in total. The van der Waals surface area contributed by atoms with Crippen molar-refractivity contribution >= 4 is 31.5 Å². The van der Waals surface area contributed by atoms with E-state index in [1.54, 1.807) is 6.92 Å². The van der Waals surface area contributed by atoms with Gasteiger partial charge in [-0.2, -0.15) is 0 Å². The molecule has 0 aromatic heterocycles. The van der Waals surface area contributed by atoms with Crippen molar-refractivity contribution in [1.29, 1.82) is 0 Å². The average molecular weight is 292 g/mol. The maximum Gasteiger partial charge on any atom is 0.215 e. The molecule has 0 bridgehead atoms. The maximum absolute atomic E-state index is 11.7. The molecule has 0 heterocycles. The number of sulfonamides is 1. The summed E-state index contributed by atoms with van der Waals surface area (Å²) in [6, 6.07) is 0. The molecule has 0 amide bonds. The van der Waals surface area contributed by atoms with E-state index in [1.165, 1.54) is 4.31 Å². The number of rotatable bonds is 8. The first-order valence-corrected chi connectivity index (χ1v) is 9.15. The van der Waals surface area contributed by atoms with Crippen LogP contribution in [0, 0.1) is 0 Å². The summed E-state index contributed by atoms with van der Waals surface area (Å²) in [6.45, 7) is 2.39. The van der Waals surface area contributed by atoms with E-state index in [0.29, 0.717) is 25.4 Å². The minimum absolute atomic E-state index is 0.336. The Morgan fingerprint density at radius 1 is 1.12 bits per heavy atom. The molecule has 0 aromatic carbocycles. The predicted octanol–water partition coefficient (Wildman–Crippen LogP) is 0.312. The summed E-state index contributed by atoms with van der Waals surface area (Å²) in [4.78, 5) is 0. The van der Waals surface area contributed by atoms with Gasteiger partial charge in [0, 0.05) is 25.2 Å². The van der Waals surface area contributed by atoms with Crippen LogP contribution in [0.15, 0.2) is 0 Å². The third-order valence-electron chi connectivity index (χ3n) is 2.00. The molecule has 98 valence electrons. The van der Waals surface area contributed by atoms with Crippen molar-refractivity contribution in [1.82, 2.24) is 4.31 Å². The van der Waals surface area contributed by atoms with E-state index in [-0.39, 0.29) is 11.5 Å². The van der Waals surface area contributed by atoms with Crippen LogP contribution in [0.1, 0.15) is 13.3 Å². The van der Waals surface area contributed by atoms with Crippen molar-refractivity contribution in [2.24, 2.45) is 0 Å². The smallest absolute Gasteiger partial charge is 0.215 e. The fraction of sp³-hybridized carbons (Fsp3) is 1.00. The molecule has 0 aliphatic rings. The molecule has 0 atom stereocenters. The first kappa shape index (κ1) is 16.1. The molecule has 0 aromatic rings. The summed E-state index contributed by atoms with van der Waals surface area (Å²) in [5, 5.41) is 0. The van der Waals surface area contributed by atoms with Crippen molar-refractivity contribution in [3.63, 3.8) is 0 Å². The molecule has 0 aliphatic carbocycles. The van der Waals surface area contributed by atoms with E-state index in [0.717, 1.165) is 6.26 Å². The van der Waals surface area contributed by atoms with Crippen molar-refractivity contribution in [2.75, 3.05) is 36.7 Å². The first-order chi connectivity index (χ1) is 7.23. The number of halogens is 1. The van der Waals surface area contributed by atoms with Crippen LogP contribution in [0.5, 0.6) is 0 Å². The second kappa shape index (κ2) is 6.78. The highest BCUT2D eigenvalue weighted by molar-refractivity contribution is 7.93. The van der Waals surface area contributed by atoms with Gasteiger partial charge in [0.05, 0.1) is 11.5 Å². The second-order valence-corrected chi connectivity index (χ2v) is 8.21. The highest BCUT2D eigenvalue weighted by Gasteiger charge is 2.21. The van der Waals surface area contributed by atoms with Gasteiger partial charge in [0.1, 0.15) is 9.84 Å². The summed E-state index contributed by atoms with van der Waals surface area (Å²) in [5.74, 6) is -0.313. The molecule has 0 saturated heterocycles. The SMILES string of the molecule is CCN(CCCCl)S(=O)(=O)CCS(C)(=O)=O. The molecular weight excluding hydrogens is 274 g/mol. The molecule has 0 unspecified atom stereocenters. The molecule has 0 spiro atoms. The third kappa shape index (κ3) is 6.67. The number of hydrogen-bond acceptors (Lipinski definition) is 4. The summed E-state index contributed by atoms with van der Waals surface area (Å²) in [5.41, 5.74) is 0. The quantitative estimate of drug-likeness (QED) is 0.604. The molecular formula is C8H18ClNO4S2. The van der Waals surface area contributed by atoms with E-state index in [4.69, 9.17) is 11.6 Å². The summed E-state index contributed by atoms with van der Waals surface area (Å²) in [6.07, 6.45) is 1.59. The summed E-state index contributed by atoms with van der Waals surface area (Å²) in [7, 11) is -6.73. The predicted molar refractivity (Wildman–Crippen MR) is 66.1 cm³/mol. The summed E-state index contributed by atoms with van der Waals surface area (Å²) >= 11 is 5.48. The van der Waals surface area contributed by atoms with Crippen molar-refractivity contribution in [3.8, 4) is 0 Å². The van der Waals surface area contributed by atoms with Gasteiger partial charge < -0.3 is 0 Å². The van der Waals surface area contributed by atoms with Gasteiger partial charge >= 0.3 is 0 Å². The Morgan fingerprint density at radius 3 is 2.06 bits per heavy atom. The van der Waals surface area contributed by atoms with Gasteiger partial charge in [-0.25, -0.2) is 21.1 Å². The highest BCUT2D eigenvalue weighted by atomic mass is 35.5. The lowest BCUT2D eigenvalue weighted by Crippen LogP contribution is -2.35. The zero-order chi connectivity index (χ0) is 12.8. The Kier molecular flexibility index (Phi) is 6.84. The Bertz CT molecular complexity index is 390. The Hall–Kier alpha value is 0.150. The first-order valence-electron chi connectivity index (χ1n) is 4.94. The lowest BCUT2D eigenvalue weighted by Gasteiger charge is -2.19. The zero-order valence-electron chi connectivity index (χ0n) is 9.52. The normalized spacial score (nSPS) is 13.2. The van der Waals surface area contributed by atoms with Crippen LogP contribution in [-0.2, 0) is 19.9 Å². The van der Waals surface area contributed by atoms with E-state index < -0.39 is 19.9 Å². The van der Waals surface area contributed by atoms with E-state index in [2.05, 4.69) is 0 Å². The van der Waals surface area contributed by atoms with E-state index in [9.17, 15) is 16.8 Å². The highest BCUT2D eigenvalue weighted by Crippen LogP contribution is 2.04. The molecule has 0 radical (unpaired) electrons. The minimum Gasteiger partial charge on any atom is -0.229 e. The van der Waals surface area contributed by atoms with Crippen molar-refractivity contribution in [3.05, 3.63) is 0 Å². The number of alkyl halides is 1. The van der Waals surface area contributed by atoms with Crippen LogP contribution in [0.4, 0.5) is 0 Å². The number of sulfone groups is 1. The van der Waals surface area contributed by atoms with Crippen LogP contribution >= 0.6 is 11.6 Å². The lowest BCUT2D eigenvalue weighted by atomic mass is 10.5. The molecule has 8 heteroatoms. The molecule has 16 heavy (non-hydrogen) atoms. The minimum atomic E-state index is -3.48. The van der Waals surface area contributed by atoms with Gasteiger partial charge in [0.15, 0.2) is 0 Å².